The summed E-state index contributed by atoms with van der Waals surface area (Å²) in [7, 11) is 1.64. The van der Waals surface area contributed by atoms with Crippen molar-refractivity contribution in [3.05, 3.63) is 50.6 Å². The van der Waals surface area contributed by atoms with Crippen LogP contribution in [0, 0.1) is 6.92 Å². The number of thiazole rings is 1. The zero-order valence-electron chi connectivity index (χ0n) is 14.2. The van der Waals surface area contributed by atoms with Crippen LogP contribution in [0.4, 0.5) is 10.8 Å². The van der Waals surface area contributed by atoms with Crippen LogP contribution >= 0.6 is 43.2 Å². The molecule has 0 saturated heterocycles. The lowest BCUT2D eigenvalue weighted by Crippen LogP contribution is -3.00. The van der Waals surface area contributed by atoms with Gasteiger partial charge < -0.3 is 27.0 Å². The molecular weight excluding hydrogens is 562 g/mol. The third kappa shape index (κ3) is 3.89. The Morgan fingerprint density at radius 3 is 2.63 bits per heavy atom. The van der Waals surface area contributed by atoms with E-state index in [4.69, 9.17) is 9.72 Å². The molecule has 3 aromatic heterocycles. The number of nitrogens with one attached hydrogen (secondary N) is 1. The highest BCUT2D eigenvalue weighted by molar-refractivity contribution is 9.11. The van der Waals surface area contributed by atoms with Gasteiger partial charge in [0.15, 0.2) is 5.13 Å². The van der Waals surface area contributed by atoms with E-state index in [-0.39, 0.29) is 17.0 Å². The van der Waals surface area contributed by atoms with Gasteiger partial charge >= 0.3 is 0 Å². The topological polar surface area (TPSA) is 64.3 Å². The Kier molecular flexibility index (Phi) is 6.19. The Hall–Kier alpha value is -1.49. The zero-order chi connectivity index (χ0) is 18.3. The molecule has 0 aliphatic heterocycles. The molecule has 0 spiro atoms. The standard InChI is InChI=1S/C17H13Br2N5OS.BrH/c1-9-15(24-5-3-4-20-16(24)21-9)13-8-26-17(22-13)23-14-11(18)6-10(25-2)7-12(14)19;/h3-8H,1-2H3,(H,22,23);1H/p-1. The summed E-state index contributed by atoms with van der Waals surface area (Å²) in [5, 5.41) is 6.15. The first-order valence-electron chi connectivity index (χ1n) is 7.62. The lowest BCUT2D eigenvalue weighted by Gasteiger charge is -2.10. The Labute approximate surface area is 187 Å². The van der Waals surface area contributed by atoms with Gasteiger partial charge in [0.05, 0.1) is 24.2 Å². The molecular formula is C17H13Br3N5OS-. The quantitative estimate of drug-likeness (QED) is 0.406. The predicted octanol–water partition coefficient (Wildman–Crippen LogP) is 2.44. The lowest BCUT2D eigenvalue weighted by molar-refractivity contribution is -0.00000550. The van der Waals surface area contributed by atoms with Crippen molar-refractivity contribution in [1.29, 1.82) is 0 Å². The maximum absolute atomic E-state index is 5.27. The number of aromatic nitrogens is 4. The summed E-state index contributed by atoms with van der Waals surface area (Å²) in [6.45, 7) is 1.97. The van der Waals surface area contributed by atoms with Gasteiger partial charge in [0, 0.05) is 26.7 Å². The minimum absolute atomic E-state index is 0. The third-order valence-corrected chi connectivity index (χ3v) is 5.82. The van der Waals surface area contributed by atoms with Crippen molar-refractivity contribution in [3.8, 4) is 17.1 Å². The maximum atomic E-state index is 5.27. The number of benzene rings is 1. The number of hydrogen-bond acceptors (Lipinski definition) is 6. The Bertz CT molecular complexity index is 1090. The van der Waals surface area contributed by atoms with Crippen LogP contribution in [0.1, 0.15) is 5.69 Å². The van der Waals surface area contributed by atoms with Gasteiger partial charge in [-0.2, -0.15) is 0 Å². The van der Waals surface area contributed by atoms with Crippen molar-refractivity contribution in [1.82, 2.24) is 19.4 Å². The van der Waals surface area contributed by atoms with E-state index in [9.17, 15) is 0 Å². The molecule has 1 aromatic carbocycles. The number of halogens is 3. The Morgan fingerprint density at radius 1 is 1.19 bits per heavy atom. The second-order valence-electron chi connectivity index (χ2n) is 5.46. The molecule has 4 rings (SSSR count). The fourth-order valence-electron chi connectivity index (χ4n) is 2.64. The van der Waals surface area contributed by atoms with Crippen LogP contribution in [-0.2, 0) is 0 Å². The van der Waals surface area contributed by atoms with Crippen LogP contribution in [0.15, 0.2) is 44.9 Å². The smallest absolute Gasteiger partial charge is 0.234 e. The second-order valence-corrected chi connectivity index (χ2v) is 8.03. The molecule has 0 amide bonds. The summed E-state index contributed by atoms with van der Waals surface area (Å²) in [6.07, 6.45) is 3.68. The number of rotatable bonds is 4. The molecule has 0 aliphatic carbocycles. The van der Waals surface area contributed by atoms with E-state index >= 15 is 0 Å². The van der Waals surface area contributed by atoms with Crippen molar-refractivity contribution in [2.45, 2.75) is 6.92 Å². The minimum atomic E-state index is 0. The Balaban J connectivity index is 0.00000210. The van der Waals surface area contributed by atoms with Gasteiger partial charge in [-0.1, -0.05) is 0 Å². The lowest BCUT2D eigenvalue weighted by atomic mass is 10.3. The van der Waals surface area contributed by atoms with Crippen molar-refractivity contribution in [2.75, 3.05) is 12.4 Å². The summed E-state index contributed by atoms with van der Waals surface area (Å²) in [4.78, 5) is 13.5. The van der Waals surface area contributed by atoms with Gasteiger partial charge in [0.1, 0.15) is 11.4 Å². The molecule has 0 atom stereocenters. The van der Waals surface area contributed by atoms with E-state index < -0.39 is 0 Å². The number of ether oxygens (including phenoxy) is 1. The van der Waals surface area contributed by atoms with Crippen LogP contribution < -0.4 is 27.0 Å². The average molecular weight is 575 g/mol. The first-order valence-corrected chi connectivity index (χ1v) is 10.1. The van der Waals surface area contributed by atoms with Crippen molar-refractivity contribution in [3.63, 3.8) is 0 Å². The number of anilines is 2. The maximum Gasteiger partial charge on any atom is 0.234 e. The van der Waals surface area contributed by atoms with Gasteiger partial charge in [-0.25, -0.2) is 15.0 Å². The average Bonchev–Trinajstić information content (AvgIpc) is 3.20. The third-order valence-electron chi connectivity index (χ3n) is 3.81. The monoisotopic (exact) mass is 572 g/mol. The molecule has 0 radical (unpaired) electrons. The fraction of sp³-hybridized carbons (Fsp3) is 0.118. The molecule has 0 aliphatic rings. The highest BCUT2D eigenvalue weighted by Crippen LogP contribution is 2.38. The first-order chi connectivity index (χ1) is 12.6. The molecule has 0 bridgehead atoms. The van der Waals surface area contributed by atoms with E-state index in [1.54, 1.807) is 13.3 Å². The minimum Gasteiger partial charge on any atom is -1.00 e. The number of aryl methyl sites for hydroxylation is 1. The van der Waals surface area contributed by atoms with Gasteiger partial charge in [-0.3, -0.25) is 4.40 Å². The molecule has 0 unspecified atom stereocenters. The zero-order valence-corrected chi connectivity index (χ0v) is 19.8. The summed E-state index contributed by atoms with van der Waals surface area (Å²) in [5.41, 5.74) is 3.59. The fourth-order valence-corrected chi connectivity index (χ4v) is 4.68. The first kappa shape index (κ1) is 20.2. The molecule has 0 saturated carbocycles. The largest absolute Gasteiger partial charge is 1.00 e. The SMILES string of the molecule is COc1cc(Br)c(Nc2nc(-c3c(C)nc4ncccn34)cs2)c(Br)c1.[Br-]. The second kappa shape index (κ2) is 8.26. The van der Waals surface area contributed by atoms with Crippen LogP contribution in [0.5, 0.6) is 5.75 Å². The normalized spacial score (nSPS) is 10.7. The summed E-state index contributed by atoms with van der Waals surface area (Å²) >= 11 is 8.67. The molecule has 1 N–H and O–H groups in total. The van der Waals surface area contributed by atoms with E-state index in [1.807, 2.05) is 41.1 Å². The van der Waals surface area contributed by atoms with Crippen LogP contribution in [0.2, 0.25) is 0 Å². The summed E-state index contributed by atoms with van der Waals surface area (Å²) in [5.74, 6) is 1.44. The molecule has 3 heterocycles. The van der Waals surface area contributed by atoms with Crippen molar-refractivity contribution >= 4 is 59.8 Å². The number of imidazole rings is 1. The van der Waals surface area contributed by atoms with Crippen molar-refractivity contribution in [2.24, 2.45) is 0 Å². The number of methoxy groups -OCH3 is 1. The molecule has 10 heteroatoms. The summed E-state index contributed by atoms with van der Waals surface area (Å²) in [6, 6.07) is 5.69. The van der Waals surface area contributed by atoms with Gasteiger partial charge in [-0.05, 0) is 57.0 Å². The van der Waals surface area contributed by atoms with E-state index in [1.165, 1.54) is 11.3 Å². The van der Waals surface area contributed by atoms with Gasteiger partial charge in [-0.15, -0.1) is 11.3 Å². The molecule has 6 nitrogen and oxygen atoms in total. The van der Waals surface area contributed by atoms with Gasteiger partial charge in [0.25, 0.3) is 0 Å². The van der Waals surface area contributed by atoms with E-state index in [2.05, 4.69) is 47.1 Å². The van der Waals surface area contributed by atoms with Gasteiger partial charge in [0.2, 0.25) is 5.78 Å². The van der Waals surface area contributed by atoms with Crippen LogP contribution in [-0.4, -0.2) is 26.5 Å². The highest BCUT2D eigenvalue weighted by Gasteiger charge is 2.16. The number of fused-ring (bicyclic) bond motifs is 1. The molecule has 0 fully saturated rings. The number of nitrogens with zero attached hydrogens (tertiary/aromatic N) is 4. The highest BCUT2D eigenvalue weighted by atomic mass is 79.9. The molecule has 4 aromatic rings. The predicted molar refractivity (Wildman–Crippen MR) is 111 cm³/mol. The van der Waals surface area contributed by atoms with Crippen LogP contribution in [0.25, 0.3) is 17.2 Å². The van der Waals surface area contributed by atoms with Crippen LogP contribution in [0.3, 0.4) is 0 Å². The van der Waals surface area contributed by atoms with E-state index in [0.717, 1.165) is 42.6 Å². The number of hydrogen-bond donors (Lipinski definition) is 1. The Morgan fingerprint density at radius 2 is 1.93 bits per heavy atom. The molecule has 27 heavy (non-hydrogen) atoms. The van der Waals surface area contributed by atoms with Crippen molar-refractivity contribution < 1.29 is 21.7 Å². The summed E-state index contributed by atoms with van der Waals surface area (Å²) < 4.78 is 8.99. The molecule has 140 valence electrons. The van der Waals surface area contributed by atoms with E-state index in [0.29, 0.717) is 5.78 Å².